The van der Waals surface area contributed by atoms with Gasteiger partial charge in [0.2, 0.25) is 5.88 Å². The van der Waals surface area contributed by atoms with E-state index in [1.807, 2.05) is 6.07 Å². The number of rotatable bonds is 5. The lowest BCUT2D eigenvalue weighted by molar-refractivity contribution is 0.0642. The summed E-state index contributed by atoms with van der Waals surface area (Å²) >= 11 is 0. The molecule has 0 saturated carbocycles. The molecule has 29 heavy (non-hydrogen) atoms. The van der Waals surface area contributed by atoms with Crippen molar-refractivity contribution >= 4 is 5.91 Å². The number of carbonyl (C=O) groups is 1. The molecule has 1 fully saturated rings. The molecule has 0 bridgehead atoms. The van der Waals surface area contributed by atoms with Gasteiger partial charge in [-0.2, -0.15) is 20.1 Å². The van der Waals surface area contributed by atoms with Crippen molar-refractivity contribution in [1.82, 2.24) is 29.9 Å². The van der Waals surface area contributed by atoms with Gasteiger partial charge in [0.05, 0.1) is 23.5 Å². The van der Waals surface area contributed by atoms with Gasteiger partial charge in [0.1, 0.15) is 11.8 Å². The summed E-state index contributed by atoms with van der Waals surface area (Å²) in [6.07, 6.45) is 7.63. The van der Waals surface area contributed by atoms with Crippen LogP contribution in [0.25, 0.3) is 11.5 Å². The van der Waals surface area contributed by atoms with Crippen molar-refractivity contribution < 1.29 is 14.6 Å². The van der Waals surface area contributed by atoms with E-state index in [1.165, 1.54) is 34.2 Å². The molecule has 1 saturated heterocycles. The SMILES string of the molecule is N#Cc1cnn(-c2cnn(-c3ccc(C(=O)NCC4CCOCC4)cn3)c2O)c1. The van der Waals surface area contributed by atoms with E-state index in [0.717, 1.165) is 26.1 Å². The number of nitriles is 1. The van der Waals surface area contributed by atoms with E-state index in [2.05, 4.69) is 20.5 Å². The van der Waals surface area contributed by atoms with Crippen LogP contribution in [0.1, 0.15) is 28.8 Å². The Morgan fingerprint density at radius 3 is 2.79 bits per heavy atom. The first-order valence-electron chi connectivity index (χ1n) is 9.20. The molecule has 10 nitrogen and oxygen atoms in total. The molecule has 1 aliphatic heterocycles. The van der Waals surface area contributed by atoms with Gasteiger partial charge in [0, 0.05) is 32.2 Å². The highest BCUT2D eigenvalue weighted by atomic mass is 16.5. The van der Waals surface area contributed by atoms with Crippen LogP contribution in [0.2, 0.25) is 0 Å². The predicted molar refractivity (Wildman–Crippen MR) is 101 cm³/mol. The number of aromatic nitrogens is 5. The van der Waals surface area contributed by atoms with Crippen molar-refractivity contribution in [2.75, 3.05) is 19.8 Å². The fourth-order valence-electron chi connectivity index (χ4n) is 3.11. The molecule has 3 aromatic rings. The molecule has 0 radical (unpaired) electrons. The van der Waals surface area contributed by atoms with E-state index in [0.29, 0.717) is 35.1 Å². The third kappa shape index (κ3) is 3.95. The Balaban J connectivity index is 1.45. The Morgan fingerprint density at radius 1 is 1.28 bits per heavy atom. The zero-order valence-corrected chi connectivity index (χ0v) is 15.5. The highest BCUT2D eigenvalue weighted by molar-refractivity contribution is 5.93. The van der Waals surface area contributed by atoms with E-state index in [-0.39, 0.29) is 11.8 Å². The Kier molecular flexibility index (Phi) is 5.22. The quantitative estimate of drug-likeness (QED) is 0.665. The first-order chi connectivity index (χ1) is 14.2. The van der Waals surface area contributed by atoms with E-state index in [9.17, 15) is 9.90 Å². The molecule has 4 heterocycles. The average Bonchev–Trinajstić information content (AvgIpc) is 3.39. The van der Waals surface area contributed by atoms with Crippen molar-refractivity contribution in [2.45, 2.75) is 12.8 Å². The van der Waals surface area contributed by atoms with Crippen LogP contribution in [0, 0.1) is 17.2 Å². The number of nitrogens with zero attached hydrogens (tertiary/aromatic N) is 6. The smallest absolute Gasteiger partial charge is 0.252 e. The summed E-state index contributed by atoms with van der Waals surface area (Å²) in [7, 11) is 0. The Morgan fingerprint density at radius 2 is 2.10 bits per heavy atom. The van der Waals surface area contributed by atoms with Gasteiger partial charge in [-0.1, -0.05) is 0 Å². The van der Waals surface area contributed by atoms with Crippen LogP contribution in [0.4, 0.5) is 0 Å². The van der Waals surface area contributed by atoms with Crippen LogP contribution in [-0.2, 0) is 4.74 Å². The fraction of sp³-hybridized carbons (Fsp3) is 0.316. The summed E-state index contributed by atoms with van der Waals surface area (Å²) in [5, 5.41) is 30.4. The second-order valence-electron chi connectivity index (χ2n) is 6.72. The van der Waals surface area contributed by atoms with Crippen LogP contribution < -0.4 is 5.32 Å². The number of carbonyl (C=O) groups excluding carboxylic acids is 1. The molecular weight excluding hydrogens is 374 g/mol. The lowest BCUT2D eigenvalue weighted by Crippen LogP contribution is -2.32. The Labute approximate surface area is 166 Å². The Hall–Kier alpha value is -3.71. The monoisotopic (exact) mass is 393 g/mol. The van der Waals surface area contributed by atoms with Crippen molar-refractivity contribution in [3.8, 4) is 23.5 Å². The molecule has 0 aromatic carbocycles. The first kappa shape index (κ1) is 18.6. The van der Waals surface area contributed by atoms with E-state index < -0.39 is 0 Å². The zero-order valence-electron chi connectivity index (χ0n) is 15.5. The van der Waals surface area contributed by atoms with Gasteiger partial charge in [-0.15, -0.1) is 0 Å². The van der Waals surface area contributed by atoms with Crippen molar-refractivity contribution in [1.29, 1.82) is 5.26 Å². The number of nitrogens with one attached hydrogen (secondary N) is 1. The van der Waals surface area contributed by atoms with Gasteiger partial charge in [0.25, 0.3) is 5.91 Å². The molecule has 2 N–H and O–H groups in total. The highest BCUT2D eigenvalue weighted by Gasteiger charge is 2.17. The van der Waals surface area contributed by atoms with E-state index in [4.69, 9.17) is 10.00 Å². The second-order valence-corrected chi connectivity index (χ2v) is 6.72. The summed E-state index contributed by atoms with van der Waals surface area (Å²) in [4.78, 5) is 16.6. The largest absolute Gasteiger partial charge is 0.492 e. The minimum Gasteiger partial charge on any atom is -0.492 e. The second kappa shape index (κ2) is 8.12. The summed E-state index contributed by atoms with van der Waals surface area (Å²) in [6, 6.07) is 5.20. The van der Waals surface area contributed by atoms with Crippen LogP contribution in [0.5, 0.6) is 5.88 Å². The van der Waals surface area contributed by atoms with Gasteiger partial charge in [-0.3, -0.25) is 4.79 Å². The lowest BCUT2D eigenvalue weighted by Gasteiger charge is -2.22. The first-order valence-corrected chi connectivity index (χ1v) is 9.20. The summed E-state index contributed by atoms with van der Waals surface area (Å²) < 4.78 is 7.91. The molecule has 1 amide bonds. The van der Waals surface area contributed by atoms with Crippen LogP contribution in [0.15, 0.2) is 36.9 Å². The number of aromatic hydroxyl groups is 1. The zero-order chi connectivity index (χ0) is 20.2. The average molecular weight is 393 g/mol. The minimum absolute atomic E-state index is 0.179. The topological polar surface area (TPSA) is 131 Å². The number of ether oxygens (including phenoxy) is 1. The molecule has 10 heteroatoms. The number of pyridine rings is 1. The molecule has 0 unspecified atom stereocenters. The normalized spacial score (nSPS) is 14.4. The van der Waals surface area contributed by atoms with Crippen LogP contribution in [0.3, 0.4) is 0 Å². The van der Waals surface area contributed by atoms with E-state index in [1.54, 1.807) is 12.1 Å². The highest BCUT2D eigenvalue weighted by Crippen LogP contribution is 2.23. The van der Waals surface area contributed by atoms with Crippen molar-refractivity contribution in [2.24, 2.45) is 5.92 Å². The van der Waals surface area contributed by atoms with Gasteiger partial charge in [0.15, 0.2) is 5.82 Å². The maximum atomic E-state index is 12.3. The maximum absolute atomic E-state index is 12.3. The number of hydrogen-bond acceptors (Lipinski definition) is 7. The van der Waals surface area contributed by atoms with Crippen molar-refractivity contribution in [3.63, 3.8) is 0 Å². The van der Waals surface area contributed by atoms with Gasteiger partial charge in [-0.05, 0) is 30.9 Å². The standard InChI is InChI=1S/C19H19N7O3/c20-7-14-9-23-25(12-14)16-11-24-26(19(16)28)17-2-1-15(10-21-17)18(27)22-8-13-3-5-29-6-4-13/h1-2,9-13,28H,3-6,8H2,(H,22,27). The van der Waals surface area contributed by atoms with E-state index >= 15 is 0 Å². The molecule has 4 rings (SSSR count). The molecule has 3 aromatic heterocycles. The Bertz CT molecular complexity index is 1040. The molecule has 0 aliphatic carbocycles. The molecule has 148 valence electrons. The number of amides is 1. The predicted octanol–water partition coefficient (Wildman–Crippen LogP) is 1.19. The number of hydrogen-bond donors (Lipinski definition) is 2. The lowest BCUT2D eigenvalue weighted by atomic mass is 10.0. The van der Waals surface area contributed by atoms with Crippen LogP contribution >= 0.6 is 0 Å². The van der Waals surface area contributed by atoms with Gasteiger partial charge in [-0.25, -0.2) is 9.67 Å². The van der Waals surface area contributed by atoms with Gasteiger partial charge >= 0.3 is 0 Å². The minimum atomic E-state index is -0.193. The fourth-order valence-corrected chi connectivity index (χ4v) is 3.11. The summed E-state index contributed by atoms with van der Waals surface area (Å²) in [5.41, 5.74) is 1.11. The van der Waals surface area contributed by atoms with Crippen molar-refractivity contribution in [3.05, 3.63) is 48.0 Å². The summed E-state index contributed by atoms with van der Waals surface area (Å²) in [6.45, 7) is 2.09. The molecule has 1 aliphatic rings. The molecule has 0 spiro atoms. The van der Waals surface area contributed by atoms with Gasteiger partial charge < -0.3 is 15.2 Å². The molecule has 0 atom stereocenters. The summed E-state index contributed by atoms with van der Waals surface area (Å²) in [5.74, 6) is 0.411. The maximum Gasteiger partial charge on any atom is 0.252 e. The third-order valence-corrected chi connectivity index (χ3v) is 4.80. The molecular formula is C19H19N7O3. The van der Waals surface area contributed by atoms with Crippen LogP contribution in [-0.4, -0.2) is 55.3 Å². The third-order valence-electron chi connectivity index (χ3n) is 4.80.